The molecule has 0 radical (unpaired) electrons. The summed E-state index contributed by atoms with van der Waals surface area (Å²) in [5.41, 5.74) is 0. The third kappa shape index (κ3) is 3.25. The Bertz CT molecular complexity index is 268. The topological polar surface area (TPSA) is 86.7 Å². The number of rotatable bonds is 4. The molecule has 2 amide bonds. The first kappa shape index (κ1) is 10.8. The van der Waals surface area contributed by atoms with Crippen LogP contribution in [0.15, 0.2) is 0 Å². The van der Waals surface area contributed by atoms with Crippen LogP contribution < -0.4 is 5.32 Å². The molecule has 1 aliphatic heterocycles. The summed E-state index contributed by atoms with van der Waals surface area (Å²) in [5.74, 6) is -0.853. The van der Waals surface area contributed by atoms with E-state index < -0.39 is 18.4 Å². The average molecular weight is 218 g/mol. The van der Waals surface area contributed by atoms with E-state index in [0.717, 1.165) is 11.8 Å². The Hall–Kier alpha value is -1.24. The minimum atomic E-state index is -1.10. The van der Waals surface area contributed by atoms with Crippen molar-refractivity contribution in [3.8, 4) is 0 Å². The summed E-state index contributed by atoms with van der Waals surface area (Å²) < 4.78 is 0. The van der Waals surface area contributed by atoms with Gasteiger partial charge in [0.05, 0.1) is 0 Å². The molecule has 0 bridgehead atoms. The van der Waals surface area contributed by atoms with Crippen molar-refractivity contribution in [2.75, 3.05) is 25.4 Å². The first-order valence-corrected chi connectivity index (χ1v) is 4.98. The van der Waals surface area contributed by atoms with Gasteiger partial charge in [-0.05, 0) is 0 Å². The van der Waals surface area contributed by atoms with Gasteiger partial charge in [-0.2, -0.15) is 0 Å². The number of hydrogen-bond acceptors (Lipinski definition) is 4. The molecule has 0 atom stereocenters. The standard InChI is InChI=1S/C7H10N2O4S/c10-5(8-3-6(11)12)4-9-1-2-14-7(9)13/h1-4H2,(H,8,10)(H,11,12). The van der Waals surface area contributed by atoms with Crippen molar-refractivity contribution in [3.63, 3.8) is 0 Å². The molecule has 0 unspecified atom stereocenters. The summed E-state index contributed by atoms with van der Waals surface area (Å²) in [7, 11) is 0. The normalized spacial score (nSPS) is 15.7. The smallest absolute Gasteiger partial charge is 0.322 e. The van der Waals surface area contributed by atoms with Crippen molar-refractivity contribution < 1.29 is 19.5 Å². The van der Waals surface area contributed by atoms with Gasteiger partial charge in [-0.3, -0.25) is 14.4 Å². The van der Waals surface area contributed by atoms with Gasteiger partial charge in [-0.15, -0.1) is 0 Å². The van der Waals surface area contributed by atoms with Crippen LogP contribution in [-0.2, 0) is 9.59 Å². The van der Waals surface area contributed by atoms with Gasteiger partial charge < -0.3 is 15.3 Å². The lowest BCUT2D eigenvalue weighted by Gasteiger charge is -2.12. The molecule has 1 fully saturated rings. The fourth-order valence-corrected chi connectivity index (χ4v) is 1.80. The monoisotopic (exact) mass is 218 g/mol. The fraction of sp³-hybridized carbons (Fsp3) is 0.571. The first-order chi connectivity index (χ1) is 6.59. The molecule has 1 aliphatic rings. The number of thioether (sulfide) groups is 1. The molecule has 6 nitrogen and oxygen atoms in total. The molecule has 7 heteroatoms. The van der Waals surface area contributed by atoms with Gasteiger partial charge in [0.15, 0.2) is 0 Å². The van der Waals surface area contributed by atoms with E-state index in [1.165, 1.54) is 4.90 Å². The second-order valence-corrected chi connectivity index (χ2v) is 3.75. The van der Waals surface area contributed by atoms with E-state index in [2.05, 4.69) is 5.32 Å². The zero-order valence-electron chi connectivity index (χ0n) is 7.36. The number of carboxylic acid groups (broad SMARTS) is 1. The highest BCUT2D eigenvalue weighted by Gasteiger charge is 2.23. The summed E-state index contributed by atoms with van der Waals surface area (Å²) in [6, 6.07) is 0. The van der Waals surface area contributed by atoms with E-state index in [4.69, 9.17) is 5.11 Å². The Morgan fingerprint density at radius 3 is 2.79 bits per heavy atom. The number of aliphatic carboxylic acids is 1. The molecule has 0 saturated carbocycles. The third-order valence-corrected chi connectivity index (χ3v) is 2.51. The second kappa shape index (κ2) is 4.85. The van der Waals surface area contributed by atoms with E-state index in [0.29, 0.717) is 12.3 Å². The molecule has 1 saturated heterocycles. The van der Waals surface area contributed by atoms with Crippen LogP contribution in [-0.4, -0.2) is 52.5 Å². The Morgan fingerprint density at radius 2 is 2.29 bits per heavy atom. The minimum absolute atomic E-state index is 0.0564. The van der Waals surface area contributed by atoms with Gasteiger partial charge in [-0.25, -0.2) is 0 Å². The Labute approximate surface area is 84.6 Å². The maximum Gasteiger partial charge on any atom is 0.322 e. The van der Waals surface area contributed by atoms with Crippen LogP contribution in [0.2, 0.25) is 0 Å². The maximum atomic E-state index is 11.1. The predicted octanol–water partition coefficient (Wildman–Crippen LogP) is -0.644. The van der Waals surface area contributed by atoms with Crippen LogP contribution in [0.5, 0.6) is 0 Å². The van der Waals surface area contributed by atoms with Crippen LogP contribution in [0.3, 0.4) is 0 Å². The predicted molar refractivity (Wildman–Crippen MR) is 50.1 cm³/mol. The molecule has 0 aromatic rings. The number of carboxylic acids is 1. The van der Waals surface area contributed by atoms with Crippen molar-refractivity contribution >= 4 is 28.9 Å². The number of nitrogens with one attached hydrogen (secondary N) is 1. The van der Waals surface area contributed by atoms with E-state index >= 15 is 0 Å². The highest BCUT2D eigenvalue weighted by molar-refractivity contribution is 8.13. The summed E-state index contributed by atoms with van der Waals surface area (Å²) in [6.07, 6.45) is 0. The molecule has 0 aromatic carbocycles. The number of amides is 2. The van der Waals surface area contributed by atoms with Gasteiger partial charge >= 0.3 is 5.97 Å². The molecule has 1 heterocycles. The summed E-state index contributed by atoms with van der Waals surface area (Å²) >= 11 is 1.16. The molecule has 0 aliphatic carbocycles. The van der Waals surface area contributed by atoms with Gasteiger partial charge in [0.25, 0.3) is 5.24 Å². The lowest BCUT2D eigenvalue weighted by Crippen LogP contribution is -2.39. The molecular weight excluding hydrogens is 208 g/mol. The van der Waals surface area contributed by atoms with Crippen molar-refractivity contribution in [3.05, 3.63) is 0 Å². The SMILES string of the molecule is O=C(O)CNC(=O)CN1CCSC1=O. The van der Waals surface area contributed by atoms with Crippen LogP contribution in [0.25, 0.3) is 0 Å². The Kier molecular flexibility index (Phi) is 3.75. The molecule has 0 spiro atoms. The Morgan fingerprint density at radius 1 is 1.57 bits per heavy atom. The first-order valence-electron chi connectivity index (χ1n) is 4.00. The average Bonchev–Trinajstić information content (AvgIpc) is 2.49. The van der Waals surface area contributed by atoms with Gasteiger partial charge in [0, 0.05) is 12.3 Å². The van der Waals surface area contributed by atoms with Gasteiger partial charge in [0.2, 0.25) is 5.91 Å². The minimum Gasteiger partial charge on any atom is -0.480 e. The summed E-state index contributed by atoms with van der Waals surface area (Å²) in [5, 5.41) is 10.3. The third-order valence-electron chi connectivity index (χ3n) is 1.62. The largest absolute Gasteiger partial charge is 0.480 e. The molecule has 14 heavy (non-hydrogen) atoms. The van der Waals surface area contributed by atoms with Crippen LogP contribution >= 0.6 is 11.8 Å². The van der Waals surface area contributed by atoms with Crippen LogP contribution in [0, 0.1) is 0 Å². The highest BCUT2D eigenvalue weighted by atomic mass is 32.2. The molecular formula is C7H10N2O4S. The van der Waals surface area contributed by atoms with Crippen molar-refractivity contribution in [1.82, 2.24) is 10.2 Å². The highest BCUT2D eigenvalue weighted by Crippen LogP contribution is 2.16. The van der Waals surface area contributed by atoms with Crippen LogP contribution in [0.1, 0.15) is 0 Å². The van der Waals surface area contributed by atoms with Crippen molar-refractivity contribution in [1.29, 1.82) is 0 Å². The van der Waals surface area contributed by atoms with Gasteiger partial charge in [0.1, 0.15) is 13.1 Å². The van der Waals surface area contributed by atoms with Crippen molar-refractivity contribution in [2.45, 2.75) is 0 Å². The fourth-order valence-electron chi connectivity index (χ4n) is 0.973. The number of carbonyl (C=O) groups excluding carboxylic acids is 2. The lowest BCUT2D eigenvalue weighted by molar-refractivity contribution is -0.138. The zero-order valence-corrected chi connectivity index (χ0v) is 8.17. The maximum absolute atomic E-state index is 11.1. The van der Waals surface area contributed by atoms with E-state index in [1.807, 2.05) is 0 Å². The number of hydrogen-bond donors (Lipinski definition) is 2. The molecule has 1 rings (SSSR count). The van der Waals surface area contributed by atoms with E-state index in [-0.39, 0.29) is 11.8 Å². The molecule has 2 N–H and O–H groups in total. The summed E-state index contributed by atoms with van der Waals surface area (Å²) in [6.45, 7) is 0.0805. The molecule has 78 valence electrons. The quantitative estimate of drug-likeness (QED) is 0.655. The van der Waals surface area contributed by atoms with E-state index in [9.17, 15) is 14.4 Å². The molecule has 0 aromatic heterocycles. The zero-order chi connectivity index (χ0) is 10.6. The Balaban J connectivity index is 2.26. The number of carbonyl (C=O) groups is 3. The summed E-state index contributed by atoms with van der Waals surface area (Å²) in [4.78, 5) is 33.6. The van der Waals surface area contributed by atoms with E-state index in [1.54, 1.807) is 0 Å². The second-order valence-electron chi connectivity index (χ2n) is 2.71. The van der Waals surface area contributed by atoms with Crippen molar-refractivity contribution in [2.24, 2.45) is 0 Å². The van der Waals surface area contributed by atoms with Crippen LogP contribution in [0.4, 0.5) is 4.79 Å². The lowest BCUT2D eigenvalue weighted by atomic mass is 10.5. The van der Waals surface area contributed by atoms with Gasteiger partial charge in [-0.1, -0.05) is 11.8 Å². The number of nitrogens with zero attached hydrogens (tertiary/aromatic N) is 1.